The Hall–Kier alpha value is -0.680. The van der Waals surface area contributed by atoms with Crippen molar-refractivity contribution in [1.82, 2.24) is 4.90 Å². The summed E-state index contributed by atoms with van der Waals surface area (Å²) < 4.78 is 18.7. The number of aliphatic hydroxyl groups excluding tert-OH is 1. The van der Waals surface area contributed by atoms with Crippen LogP contribution in [0.5, 0.6) is 0 Å². The van der Waals surface area contributed by atoms with Crippen molar-refractivity contribution in [3.8, 4) is 0 Å². The number of likely N-dealkylation sites (tertiary alicyclic amines) is 1. The molecule has 1 saturated heterocycles. The second kappa shape index (κ2) is 7.20. The molecule has 0 atom stereocenters. The maximum atomic E-state index is 13.2. The highest BCUT2D eigenvalue weighted by Crippen LogP contribution is 2.21. The fraction of sp³-hybridized carbons (Fsp3) is 0.571. The van der Waals surface area contributed by atoms with Crippen molar-refractivity contribution in [3.05, 3.63) is 34.6 Å². The second-order valence-corrected chi connectivity index (χ2v) is 5.21. The summed E-state index contributed by atoms with van der Waals surface area (Å²) >= 11 is 6.07. The predicted molar refractivity (Wildman–Crippen MR) is 72.7 cm³/mol. The van der Waals surface area contributed by atoms with Crippen molar-refractivity contribution in [3.63, 3.8) is 0 Å². The molecule has 0 radical (unpaired) electrons. The standard InChI is InChI=1S/C14H19ClFNO2/c15-14-2-1-12(16)9-11(14)10-17-5-3-13(4-6-17)19-8-7-18/h1-2,9,13,18H,3-8,10H2. The number of halogens is 2. The molecule has 2 rings (SSSR count). The Morgan fingerprint density at radius 1 is 1.37 bits per heavy atom. The van der Waals surface area contributed by atoms with Crippen molar-refractivity contribution in [2.75, 3.05) is 26.3 Å². The quantitative estimate of drug-likeness (QED) is 0.903. The molecular weight excluding hydrogens is 269 g/mol. The van der Waals surface area contributed by atoms with Gasteiger partial charge in [-0.3, -0.25) is 4.90 Å². The van der Waals surface area contributed by atoms with Gasteiger partial charge >= 0.3 is 0 Å². The number of hydrogen-bond acceptors (Lipinski definition) is 3. The Morgan fingerprint density at radius 2 is 2.11 bits per heavy atom. The minimum Gasteiger partial charge on any atom is -0.394 e. The monoisotopic (exact) mass is 287 g/mol. The Balaban J connectivity index is 1.83. The molecule has 0 aliphatic carbocycles. The molecule has 1 aliphatic rings. The Bertz CT molecular complexity index is 408. The van der Waals surface area contributed by atoms with E-state index in [0.29, 0.717) is 18.2 Å². The summed E-state index contributed by atoms with van der Waals surface area (Å²) in [4.78, 5) is 2.25. The molecule has 5 heteroatoms. The van der Waals surface area contributed by atoms with E-state index in [-0.39, 0.29) is 18.5 Å². The molecule has 1 aromatic carbocycles. The lowest BCUT2D eigenvalue weighted by Gasteiger charge is -2.32. The first-order valence-electron chi connectivity index (χ1n) is 6.58. The SMILES string of the molecule is OCCOC1CCN(Cc2cc(F)ccc2Cl)CC1. The van der Waals surface area contributed by atoms with Gasteiger partial charge in [0.05, 0.1) is 19.3 Å². The number of hydrogen-bond donors (Lipinski definition) is 1. The van der Waals surface area contributed by atoms with Crippen molar-refractivity contribution in [2.24, 2.45) is 0 Å². The van der Waals surface area contributed by atoms with Gasteiger partial charge in [-0.25, -0.2) is 4.39 Å². The van der Waals surface area contributed by atoms with Gasteiger partial charge in [0.1, 0.15) is 5.82 Å². The van der Waals surface area contributed by atoms with E-state index in [2.05, 4.69) is 4.90 Å². The van der Waals surface area contributed by atoms with Gasteiger partial charge in [-0.15, -0.1) is 0 Å². The maximum absolute atomic E-state index is 13.2. The van der Waals surface area contributed by atoms with E-state index in [1.54, 1.807) is 6.07 Å². The van der Waals surface area contributed by atoms with Gasteiger partial charge < -0.3 is 9.84 Å². The van der Waals surface area contributed by atoms with Gasteiger partial charge in [-0.05, 0) is 36.6 Å². The third-order valence-corrected chi connectivity index (χ3v) is 3.75. The van der Waals surface area contributed by atoms with E-state index >= 15 is 0 Å². The lowest BCUT2D eigenvalue weighted by atomic mass is 10.1. The number of aliphatic hydroxyl groups is 1. The van der Waals surface area contributed by atoms with E-state index in [1.165, 1.54) is 12.1 Å². The van der Waals surface area contributed by atoms with E-state index in [9.17, 15) is 4.39 Å². The third kappa shape index (κ3) is 4.42. The van der Waals surface area contributed by atoms with Crippen LogP contribution in [0.15, 0.2) is 18.2 Å². The summed E-state index contributed by atoms with van der Waals surface area (Å²) in [7, 11) is 0. The van der Waals surface area contributed by atoms with Crippen molar-refractivity contribution >= 4 is 11.6 Å². The van der Waals surface area contributed by atoms with Gasteiger partial charge in [0.2, 0.25) is 0 Å². The van der Waals surface area contributed by atoms with Crippen LogP contribution in [0.1, 0.15) is 18.4 Å². The molecule has 1 fully saturated rings. The molecule has 0 bridgehead atoms. The highest BCUT2D eigenvalue weighted by molar-refractivity contribution is 6.31. The van der Waals surface area contributed by atoms with Crippen molar-refractivity contribution in [1.29, 1.82) is 0 Å². The van der Waals surface area contributed by atoms with Crippen LogP contribution in [0.3, 0.4) is 0 Å². The summed E-state index contributed by atoms with van der Waals surface area (Å²) in [5.74, 6) is -0.249. The van der Waals surface area contributed by atoms with Crippen LogP contribution in [0.25, 0.3) is 0 Å². The topological polar surface area (TPSA) is 32.7 Å². The fourth-order valence-corrected chi connectivity index (χ4v) is 2.54. The van der Waals surface area contributed by atoms with Crippen LogP contribution in [0, 0.1) is 5.82 Å². The van der Waals surface area contributed by atoms with Crippen molar-refractivity contribution in [2.45, 2.75) is 25.5 Å². The Morgan fingerprint density at radius 3 is 2.79 bits per heavy atom. The van der Waals surface area contributed by atoms with Crippen LogP contribution in [0.4, 0.5) is 4.39 Å². The van der Waals surface area contributed by atoms with E-state index in [0.717, 1.165) is 31.5 Å². The fourth-order valence-electron chi connectivity index (χ4n) is 2.36. The third-order valence-electron chi connectivity index (χ3n) is 3.38. The highest BCUT2D eigenvalue weighted by atomic mass is 35.5. The van der Waals surface area contributed by atoms with Gasteiger partial charge in [-0.2, -0.15) is 0 Å². The summed E-state index contributed by atoms with van der Waals surface area (Å²) in [6, 6.07) is 4.47. The number of benzene rings is 1. The van der Waals surface area contributed by atoms with Gasteiger partial charge in [-0.1, -0.05) is 11.6 Å². The largest absolute Gasteiger partial charge is 0.394 e. The minimum absolute atomic E-state index is 0.0686. The molecule has 0 amide bonds. The zero-order valence-electron chi connectivity index (χ0n) is 10.8. The molecule has 0 aromatic heterocycles. The molecular formula is C14H19ClFNO2. The molecule has 1 aliphatic heterocycles. The van der Waals surface area contributed by atoms with E-state index in [1.807, 2.05) is 0 Å². The molecule has 0 saturated carbocycles. The molecule has 1 heterocycles. The maximum Gasteiger partial charge on any atom is 0.123 e. The smallest absolute Gasteiger partial charge is 0.123 e. The molecule has 1 aromatic rings. The molecule has 0 spiro atoms. The van der Waals surface area contributed by atoms with Gasteiger partial charge in [0.15, 0.2) is 0 Å². The van der Waals surface area contributed by atoms with Crippen LogP contribution in [0.2, 0.25) is 5.02 Å². The van der Waals surface area contributed by atoms with Crippen LogP contribution in [-0.4, -0.2) is 42.4 Å². The van der Waals surface area contributed by atoms with E-state index in [4.69, 9.17) is 21.4 Å². The predicted octanol–water partition coefficient (Wildman–Crippen LogP) is 2.45. The van der Waals surface area contributed by atoms with Crippen LogP contribution >= 0.6 is 11.6 Å². The van der Waals surface area contributed by atoms with Gasteiger partial charge in [0, 0.05) is 24.7 Å². The van der Waals surface area contributed by atoms with E-state index < -0.39 is 0 Å². The lowest BCUT2D eigenvalue weighted by Crippen LogP contribution is -2.37. The zero-order valence-corrected chi connectivity index (χ0v) is 11.6. The average molecular weight is 288 g/mol. The minimum atomic E-state index is -0.249. The van der Waals surface area contributed by atoms with Crippen LogP contribution in [-0.2, 0) is 11.3 Å². The number of rotatable bonds is 5. The molecule has 0 unspecified atom stereocenters. The summed E-state index contributed by atoms with van der Waals surface area (Å²) in [5, 5.41) is 9.33. The average Bonchev–Trinajstić information content (AvgIpc) is 2.42. The van der Waals surface area contributed by atoms with Crippen LogP contribution < -0.4 is 0 Å². The normalized spacial score (nSPS) is 17.8. The first-order chi connectivity index (χ1) is 9.19. The molecule has 106 valence electrons. The van der Waals surface area contributed by atoms with Crippen molar-refractivity contribution < 1.29 is 14.2 Å². The number of nitrogens with zero attached hydrogens (tertiary/aromatic N) is 1. The first-order valence-corrected chi connectivity index (χ1v) is 6.95. The van der Waals surface area contributed by atoms with Gasteiger partial charge in [0.25, 0.3) is 0 Å². The second-order valence-electron chi connectivity index (χ2n) is 4.81. The lowest BCUT2D eigenvalue weighted by molar-refractivity contribution is -0.00901. The number of ether oxygens (including phenoxy) is 1. The summed E-state index contributed by atoms with van der Waals surface area (Å²) in [5.41, 5.74) is 0.830. The first kappa shape index (κ1) is 14.7. The molecule has 19 heavy (non-hydrogen) atoms. The zero-order chi connectivity index (χ0) is 13.7. The Kier molecular flexibility index (Phi) is 5.58. The summed E-state index contributed by atoms with van der Waals surface area (Å²) in [6.07, 6.45) is 2.10. The Labute approximate surface area is 117 Å². The highest BCUT2D eigenvalue weighted by Gasteiger charge is 2.20. The number of piperidine rings is 1. The summed E-state index contributed by atoms with van der Waals surface area (Å²) in [6.45, 7) is 2.95. The molecule has 1 N–H and O–H groups in total. The molecule has 3 nitrogen and oxygen atoms in total.